The van der Waals surface area contributed by atoms with Gasteiger partial charge in [-0.1, -0.05) is 100 Å². The quantitative estimate of drug-likeness (QED) is 0.492. The normalized spacial score (nSPS) is 20.2. The molecule has 8 heteroatoms. The number of rotatable bonds is 10. The van der Waals surface area contributed by atoms with Gasteiger partial charge in [-0.15, -0.1) is 0 Å². The van der Waals surface area contributed by atoms with E-state index in [0.717, 1.165) is 36.8 Å². The lowest BCUT2D eigenvalue weighted by atomic mass is 9.98. The fraction of sp³-hybridized carbons (Fsp3) is 0.483. The van der Waals surface area contributed by atoms with E-state index in [1.807, 2.05) is 72.5 Å². The molecule has 0 bridgehead atoms. The molecule has 0 saturated carbocycles. The van der Waals surface area contributed by atoms with Gasteiger partial charge in [-0.2, -0.15) is 0 Å². The average Bonchev–Trinajstić information content (AvgIpc) is 2.93. The summed E-state index contributed by atoms with van der Waals surface area (Å²) in [6, 6.07) is 18.2. The largest absolute Gasteiger partial charge is 0.337 e. The number of unbranched alkanes of at least 4 members (excludes halogenated alkanes) is 4. The number of hydrazine groups is 1. The van der Waals surface area contributed by atoms with E-state index in [0.29, 0.717) is 26.2 Å². The van der Waals surface area contributed by atoms with E-state index >= 15 is 0 Å². The first kappa shape index (κ1) is 26.7. The van der Waals surface area contributed by atoms with Gasteiger partial charge in [0, 0.05) is 19.6 Å². The summed E-state index contributed by atoms with van der Waals surface area (Å²) in [4.78, 5) is 44.3. The Hall–Kier alpha value is -3.39. The molecule has 2 saturated heterocycles. The zero-order valence-electron chi connectivity index (χ0n) is 22.0. The highest BCUT2D eigenvalue weighted by Crippen LogP contribution is 2.34. The summed E-state index contributed by atoms with van der Waals surface area (Å²) in [6.07, 6.45) is 4.89. The van der Waals surface area contributed by atoms with Crippen LogP contribution in [0.2, 0.25) is 0 Å². The molecular weight excluding hydrogens is 466 g/mol. The fourth-order valence-electron chi connectivity index (χ4n) is 5.28. The molecule has 2 aromatic carbocycles. The maximum absolute atomic E-state index is 13.8. The molecular formula is C29H39N5O3. The van der Waals surface area contributed by atoms with Crippen LogP contribution in [0.3, 0.4) is 0 Å². The van der Waals surface area contributed by atoms with Gasteiger partial charge in [0.25, 0.3) is 0 Å². The molecule has 4 rings (SSSR count). The van der Waals surface area contributed by atoms with E-state index in [1.165, 1.54) is 6.42 Å². The van der Waals surface area contributed by atoms with Crippen LogP contribution in [0.5, 0.6) is 0 Å². The van der Waals surface area contributed by atoms with Crippen LogP contribution in [-0.2, 0) is 16.1 Å². The molecule has 2 heterocycles. The average molecular weight is 506 g/mol. The lowest BCUT2D eigenvalue weighted by Gasteiger charge is -2.55. The topological polar surface area (TPSA) is 76.2 Å². The number of carbonyl (C=O) groups excluding carboxylic acids is 3. The Morgan fingerprint density at radius 2 is 1.59 bits per heavy atom. The van der Waals surface area contributed by atoms with Crippen LogP contribution in [0.4, 0.5) is 4.79 Å². The molecule has 2 fully saturated rings. The molecule has 0 aliphatic carbocycles. The van der Waals surface area contributed by atoms with Crippen molar-refractivity contribution in [3.63, 3.8) is 0 Å². The molecule has 1 N–H and O–H groups in total. The van der Waals surface area contributed by atoms with E-state index in [4.69, 9.17) is 0 Å². The van der Waals surface area contributed by atoms with Crippen LogP contribution >= 0.6 is 0 Å². The summed E-state index contributed by atoms with van der Waals surface area (Å²) < 4.78 is 0. The number of carbonyl (C=O) groups is 3. The van der Waals surface area contributed by atoms with Crippen molar-refractivity contribution in [3.05, 3.63) is 71.8 Å². The van der Waals surface area contributed by atoms with E-state index in [9.17, 15) is 14.4 Å². The number of benzene rings is 2. The molecule has 0 spiro atoms. The second kappa shape index (κ2) is 12.7. The predicted molar refractivity (Wildman–Crippen MR) is 143 cm³/mol. The summed E-state index contributed by atoms with van der Waals surface area (Å²) in [5.74, 6) is -0.204. The molecule has 0 aromatic heterocycles. The summed E-state index contributed by atoms with van der Waals surface area (Å²) in [5.41, 5.74) is 1.77. The minimum atomic E-state index is -0.744. The molecule has 2 aliphatic heterocycles. The van der Waals surface area contributed by atoms with Crippen LogP contribution < -0.4 is 5.32 Å². The minimum Gasteiger partial charge on any atom is -0.337 e. The van der Waals surface area contributed by atoms with Crippen molar-refractivity contribution in [2.24, 2.45) is 0 Å². The van der Waals surface area contributed by atoms with Gasteiger partial charge in [0.2, 0.25) is 11.8 Å². The number of nitrogens with zero attached hydrogens (tertiary/aromatic N) is 4. The first-order chi connectivity index (χ1) is 18.0. The van der Waals surface area contributed by atoms with Crippen molar-refractivity contribution in [3.8, 4) is 0 Å². The van der Waals surface area contributed by atoms with Crippen molar-refractivity contribution in [1.82, 2.24) is 25.1 Å². The number of urea groups is 1. The van der Waals surface area contributed by atoms with Crippen molar-refractivity contribution in [1.29, 1.82) is 0 Å². The molecule has 0 unspecified atom stereocenters. The van der Waals surface area contributed by atoms with Crippen molar-refractivity contribution in [2.45, 2.75) is 64.7 Å². The van der Waals surface area contributed by atoms with Gasteiger partial charge < -0.3 is 15.1 Å². The molecule has 37 heavy (non-hydrogen) atoms. The summed E-state index contributed by atoms with van der Waals surface area (Å²) in [5, 5.41) is 6.49. The Morgan fingerprint density at radius 3 is 2.27 bits per heavy atom. The third-order valence-corrected chi connectivity index (χ3v) is 7.23. The Balaban J connectivity index is 1.61. The smallest absolute Gasteiger partial charge is 0.334 e. The number of hydrogen-bond acceptors (Lipinski definition) is 4. The maximum Gasteiger partial charge on any atom is 0.334 e. The number of amides is 4. The van der Waals surface area contributed by atoms with E-state index in [-0.39, 0.29) is 24.4 Å². The first-order valence-electron chi connectivity index (χ1n) is 13.6. The van der Waals surface area contributed by atoms with Crippen molar-refractivity contribution < 1.29 is 14.4 Å². The SMILES string of the molecule is CCCCCCCN1C[C@H]2N(C(=O)CN(CC)N2C(=O)NCc2ccccc2)[C@@H](c2ccccc2)C1=O. The Labute approximate surface area is 220 Å². The van der Waals surface area contributed by atoms with Crippen molar-refractivity contribution >= 4 is 17.8 Å². The highest BCUT2D eigenvalue weighted by Gasteiger charge is 2.51. The molecule has 2 atom stereocenters. The lowest BCUT2D eigenvalue weighted by Crippen LogP contribution is -2.74. The Morgan fingerprint density at radius 1 is 0.919 bits per heavy atom. The number of hydrogen-bond donors (Lipinski definition) is 1. The highest BCUT2D eigenvalue weighted by atomic mass is 16.2. The second-order valence-corrected chi connectivity index (χ2v) is 9.76. The molecule has 198 valence electrons. The monoisotopic (exact) mass is 505 g/mol. The number of piperazine rings is 1. The molecule has 2 aromatic rings. The zero-order chi connectivity index (χ0) is 26.2. The Kier molecular flexibility index (Phi) is 9.17. The number of nitrogens with one attached hydrogen (secondary N) is 1. The first-order valence-corrected chi connectivity index (χ1v) is 13.6. The highest BCUT2D eigenvalue weighted by molar-refractivity contribution is 5.92. The van der Waals surface area contributed by atoms with E-state index in [2.05, 4.69) is 12.2 Å². The number of likely N-dealkylation sites (N-methyl/N-ethyl adjacent to an activating group) is 1. The van der Waals surface area contributed by atoms with Crippen LogP contribution in [0, 0.1) is 0 Å². The van der Waals surface area contributed by atoms with Gasteiger partial charge in [-0.25, -0.2) is 14.8 Å². The van der Waals surface area contributed by atoms with Crippen molar-refractivity contribution in [2.75, 3.05) is 26.2 Å². The van der Waals surface area contributed by atoms with Crippen LogP contribution in [-0.4, -0.2) is 70.0 Å². The second-order valence-electron chi connectivity index (χ2n) is 9.76. The van der Waals surface area contributed by atoms with Gasteiger partial charge in [-0.3, -0.25) is 9.59 Å². The Bertz CT molecular complexity index is 1050. The fourth-order valence-corrected chi connectivity index (χ4v) is 5.28. The summed E-state index contributed by atoms with van der Waals surface area (Å²) >= 11 is 0. The molecule has 8 nitrogen and oxygen atoms in total. The van der Waals surface area contributed by atoms with E-state index in [1.54, 1.807) is 14.9 Å². The van der Waals surface area contributed by atoms with Gasteiger partial charge in [0.1, 0.15) is 12.2 Å². The predicted octanol–water partition coefficient (Wildman–Crippen LogP) is 4.16. The van der Waals surface area contributed by atoms with Crippen LogP contribution in [0.25, 0.3) is 0 Å². The third kappa shape index (κ3) is 6.13. The number of fused-ring (bicyclic) bond motifs is 1. The third-order valence-electron chi connectivity index (χ3n) is 7.23. The van der Waals surface area contributed by atoms with Crippen LogP contribution in [0.1, 0.15) is 63.1 Å². The van der Waals surface area contributed by atoms with E-state index < -0.39 is 12.2 Å². The van der Waals surface area contributed by atoms with Gasteiger partial charge in [0.15, 0.2) is 0 Å². The van der Waals surface area contributed by atoms with Gasteiger partial charge >= 0.3 is 6.03 Å². The van der Waals surface area contributed by atoms with Crippen LogP contribution in [0.15, 0.2) is 60.7 Å². The summed E-state index contributed by atoms with van der Waals surface area (Å²) in [7, 11) is 0. The maximum atomic E-state index is 13.8. The standard InChI is InChI=1S/C29H39N5O3/c1-3-5-6-7-14-19-31-21-25-33(27(28(31)36)24-17-12-9-13-18-24)26(35)22-32(4-2)34(25)29(37)30-20-23-15-10-8-11-16-23/h8-13,15-18,25,27H,3-7,14,19-22H2,1-2H3,(H,30,37)/t25-,27-/m0/s1. The lowest BCUT2D eigenvalue weighted by molar-refractivity contribution is -0.190. The minimum absolute atomic E-state index is 0.0549. The van der Waals surface area contributed by atoms with Gasteiger partial charge in [0.05, 0.1) is 13.1 Å². The molecule has 4 amide bonds. The van der Waals surface area contributed by atoms with Gasteiger partial charge in [-0.05, 0) is 17.5 Å². The molecule has 2 aliphatic rings. The zero-order valence-corrected chi connectivity index (χ0v) is 22.0. The summed E-state index contributed by atoms with van der Waals surface area (Å²) in [6.45, 7) is 6.00. The molecule has 0 radical (unpaired) electrons.